The van der Waals surface area contributed by atoms with Crippen LogP contribution in [-0.2, 0) is 14.4 Å². The van der Waals surface area contributed by atoms with Crippen LogP contribution in [0, 0.1) is 34.5 Å². The van der Waals surface area contributed by atoms with Crippen molar-refractivity contribution in [2.45, 2.75) is 91.2 Å². The Morgan fingerprint density at radius 3 is 2.61 bits per heavy atom. The maximum absolute atomic E-state index is 12.1. The molecule has 0 aromatic carbocycles. The first-order chi connectivity index (χ1) is 15.6. The summed E-state index contributed by atoms with van der Waals surface area (Å²) in [7, 11) is 0. The van der Waals surface area contributed by atoms with Crippen molar-refractivity contribution in [2.24, 2.45) is 39.7 Å². The molecule has 7 heteroatoms. The molecule has 3 fully saturated rings. The Hall–Kier alpha value is -1.89. The van der Waals surface area contributed by atoms with E-state index >= 15 is 0 Å². The lowest BCUT2D eigenvalue weighted by Gasteiger charge is -2.57. The van der Waals surface area contributed by atoms with Gasteiger partial charge in [0.05, 0.1) is 11.8 Å². The van der Waals surface area contributed by atoms with Gasteiger partial charge in [0.25, 0.3) is 5.91 Å². The number of hydrogen-bond acceptors (Lipinski definition) is 5. The second-order valence-electron chi connectivity index (χ2n) is 11.6. The van der Waals surface area contributed by atoms with Crippen molar-refractivity contribution in [1.82, 2.24) is 5.32 Å². The molecule has 1 amide bonds. The van der Waals surface area contributed by atoms with Gasteiger partial charge in [-0.05, 0) is 91.9 Å². The van der Waals surface area contributed by atoms with Crippen molar-refractivity contribution < 1.29 is 24.6 Å². The molecule has 0 heterocycles. The summed E-state index contributed by atoms with van der Waals surface area (Å²) < 4.78 is 0. The number of nitrogens with one attached hydrogen (secondary N) is 1. The van der Waals surface area contributed by atoms with Gasteiger partial charge in [-0.2, -0.15) is 0 Å². The standard InChI is InChI=1S/C26H40N2O5/c1-15(2)23(24(31)32)27-22(30)14-33-28-17-9-11-25(3)16(13-17)5-6-18-19-7-8-21(29)26(19,4)12-10-20(18)25/h13,15,18-21,23,29H,5-12,14H2,1-4H3,(H,27,30)(H,31,32)/b28-17+/t18-,19-,20-,21-,23-,25-,26-/m0/s1. The number of hydrogen-bond donors (Lipinski definition) is 3. The Balaban J connectivity index is 1.39. The van der Waals surface area contributed by atoms with Gasteiger partial charge in [-0.3, -0.25) is 4.79 Å². The van der Waals surface area contributed by atoms with Crippen LogP contribution >= 0.6 is 0 Å². The number of aliphatic hydroxyl groups is 1. The van der Waals surface area contributed by atoms with Gasteiger partial charge in [0.1, 0.15) is 6.04 Å². The quantitative estimate of drug-likeness (QED) is 0.521. The summed E-state index contributed by atoms with van der Waals surface area (Å²) in [6, 6.07) is -0.931. The van der Waals surface area contributed by atoms with E-state index in [9.17, 15) is 19.8 Å². The van der Waals surface area contributed by atoms with E-state index in [0.717, 1.165) is 44.2 Å². The van der Waals surface area contributed by atoms with Gasteiger partial charge in [-0.1, -0.05) is 38.4 Å². The molecule has 0 spiro atoms. The van der Waals surface area contributed by atoms with Crippen LogP contribution in [-0.4, -0.2) is 46.6 Å². The molecule has 3 saturated carbocycles. The summed E-state index contributed by atoms with van der Waals surface area (Å²) in [5.41, 5.74) is 2.60. The number of aliphatic hydroxyl groups excluding tert-OH is 1. The molecule has 4 rings (SSSR count). The Labute approximate surface area is 197 Å². The van der Waals surface area contributed by atoms with Gasteiger partial charge in [-0.25, -0.2) is 4.79 Å². The molecule has 0 saturated heterocycles. The van der Waals surface area contributed by atoms with Gasteiger partial charge >= 0.3 is 5.97 Å². The van der Waals surface area contributed by atoms with Crippen LogP contribution in [0.2, 0.25) is 0 Å². The number of carboxylic acids is 1. The maximum Gasteiger partial charge on any atom is 0.326 e. The predicted octanol–water partition coefficient (Wildman–Crippen LogP) is 3.91. The minimum absolute atomic E-state index is 0.101. The molecule has 7 nitrogen and oxygen atoms in total. The van der Waals surface area contributed by atoms with E-state index in [-0.39, 0.29) is 29.5 Å². The summed E-state index contributed by atoms with van der Waals surface area (Å²) >= 11 is 0. The number of nitrogens with zero attached hydrogens (tertiary/aromatic N) is 1. The molecule has 7 atom stereocenters. The van der Waals surface area contributed by atoms with E-state index in [1.54, 1.807) is 13.8 Å². The first-order valence-electron chi connectivity index (χ1n) is 12.7. The van der Waals surface area contributed by atoms with Gasteiger partial charge in [0.15, 0.2) is 6.61 Å². The highest BCUT2D eigenvalue weighted by atomic mass is 16.6. The third kappa shape index (κ3) is 4.33. The highest BCUT2D eigenvalue weighted by Gasteiger charge is 2.58. The summed E-state index contributed by atoms with van der Waals surface area (Å²) in [5.74, 6) is 0.272. The van der Waals surface area contributed by atoms with Crippen LogP contribution in [0.15, 0.2) is 16.8 Å². The zero-order valence-corrected chi connectivity index (χ0v) is 20.5. The van der Waals surface area contributed by atoms with Crippen molar-refractivity contribution in [2.75, 3.05) is 6.61 Å². The third-order valence-electron chi connectivity index (χ3n) is 9.55. The molecule has 4 aliphatic carbocycles. The smallest absolute Gasteiger partial charge is 0.326 e. The molecular weight excluding hydrogens is 420 g/mol. The molecule has 0 unspecified atom stereocenters. The summed E-state index contributed by atoms with van der Waals surface area (Å²) in [6.45, 7) is 7.96. The fraction of sp³-hybridized carbons (Fsp3) is 0.808. The van der Waals surface area contributed by atoms with Gasteiger partial charge < -0.3 is 20.4 Å². The average molecular weight is 461 g/mol. The lowest BCUT2D eigenvalue weighted by Crippen LogP contribution is -2.51. The van der Waals surface area contributed by atoms with Crippen LogP contribution in [0.4, 0.5) is 0 Å². The van der Waals surface area contributed by atoms with E-state index in [2.05, 4.69) is 30.4 Å². The molecule has 184 valence electrons. The van der Waals surface area contributed by atoms with E-state index in [4.69, 9.17) is 4.84 Å². The van der Waals surface area contributed by atoms with Gasteiger partial charge in [0, 0.05) is 0 Å². The number of carboxylic acid groups (broad SMARTS) is 1. The number of fused-ring (bicyclic) bond motifs is 5. The Bertz CT molecular complexity index is 852. The van der Waals surface area contributed by atoms with Crippen LogP contribution in [0.1, 0.15) is 79.1 Å². The normalized spacial score (nSPS) is 39.8. The van der Waals surface area contributed by atoms with Gasteiger partial charge in [-0.15, -0.1) is 0 Å². The minimum Gasteiger partial charge on any atom is -0.480 e. The minimum atomic E-state index is -1.05. The summed E-state index contributed by atoms with van der Waals surface area (Å²) in [6.07, 6.45) is 10.6. The fourth-order valence-electron chi connectivity index (χ4n) is 7.52. The van der Waals surface area contributed by atoms with Crippen LogP contribution in [0.5, 0.6) is 0 Å². The topological polar surface area (TPSA) is 108 Å². The second-order valence-corrected chi connectivity index (χ2v) is 11.6. The number of carbonyl (C=O) groups excluding carboxylic acids is 1. The van der Waals surface area contributed by atoms with Crippen LogP contribution < -0.4 is 5.32 Å². The first kappa shape index (κ1) is 24.2. The fourth-order valence-corrected chi connectivity index (χ4v) is 7.52. The molecule has 0 aromatic heterocycles. The highest BCUT2D eigenvalue weighted by Crippen LogP contribution is 2.65. The van der Waals surface area contributed by atoms with Crippen molar-refractivity contribution in [3.8, 4) is 0 Å². The molecule has 0 aromatic rings. The number of carbonyl (C=O) groups is 2. The largest absolute Gasteiger partial charge is 0.480 e. The molecule has 0 bridgehead atoms. The predicted molar refractivity (Wildman–Crippen MR) is 126 cm³/mol. The number of oxime groups is 1. The van der Waals surface area contributed by atoms with Crippen molar-refractivity contribution in [3.05, 3.63) is 11.6 Å². The molecule has 3 N–H and O–H groups in total. The maximum atomic E-state index is 12.1. The Morgan fingerprint density at radius 2 is 1.91 bits per heavy atom. The SMILES string of the molecule is CC(C)[C@H](NC(=O)CO/N=C1/C=C2CC[C@H]3[C@@H]4CC[C@H](O)[C@@]4(C)CC[C@@H]3[C@@]2(C)CC1)C(=O)O. The molecule has 0 aliphatic heterocycles. The molecule has 0 radical (unpaired) electrons. The Morgan fingerprint density at radius 1 is 1.15 bits per heavy atom. The van der Waals surface area contributed by atoms with Crippen LogP contribution in [0.3, 0.4) is 0 Å². The van der Waals surface area contributed by atoms with Crippen molar-refractivity contribution >= 4 is 17.6 Å². The van der Waals surface area contributed by atoms with E-state index < -0.39 is 17.9 Å². The third-order valence-corrected chi connectivity index (χ3v) is 9.55. The second kappa shape index (κ2) is 9.05. The number of amides is 1. The van der Waals surface area contributed by atoms with E-state index in [0.29, 0.717) is 17.8 Å². The Kier molecular flexibility index (Phi) is 6.64. The molecule has 33 heavy (non-hydrogen) atoms. The zero-order valence-electron chi connectivity index (χ0n) is 20.5. The van der Waals surface area contributed by atoms with Crippen molar-refractivity contribution in [1.29, 1.82) is 0 Å². The number of allylic oxidation sites excluding steroid dienone is 2. The lowest BCUT2D eigenvalue weighted by molar-refractivity contribution is -0.143. The molecular formula is C26H40N2O5. The van der Waals surface area contributed by atoms with E-state index in [1.807, 2.05) is 0 Å². The van der Waals surface area contributed by atoms with Crippen molar-refractivity contribution in [3.63, 3.8) is 0 Å². The summed E-state index contributed by atoms with van der Waals surface area (Å²) in [5, 5.41) is 26.6. The number of rotatable bonds is 6. The number of aliphatic carboxylic acids is 1. The first-order valence-corrected chi connectivity index (χ1v) is 12.7. The zero-order chi connectivity index (χ0) is 24.0. The monoisotopic (exact) mass is 460 g/mol. The highest BCUT2D eigenvalue weighted by molar-refractivity contribution is 5.96. The summed E-state index contributed by atoms with van der Waals surface area (Å²) in [4.78, 5) is 28.6. The van der Waals surface area contributed by atoms with Crippen LogP contribution in [0.25, 0.3) is 0 Å². The van der Waals surface area contributed by atoms with Gasteiger partial charge in [0.2, 0.25) is 0 Å². The lowest BCUT2D eigenvalue weighted by atomic mass is 9.47. The van der Waals surface area contributed by atoms with E-state index in [1.165, 1.54) is 18.4 Å². The molecule has 4 aliphatic rings. The average Bonchev–Trinajstić information content (AvgIpc) is 3.06.